The number of hydrogen-bond acceptors (Lipinski definition) is 4. The zero-order valence-corrected chi connectivity index (χ0v) is 17.1. The molecule has 0 bridgehead atoms. The average molecular weight is 386 g/mol. The van der Waals surface area contributed by atoms with Gasteiger partial charge in [-0.2, -0.15) is 0 Å². The summed E-state index contributed by atoms with van der Waals surface area (Å²) in [5.74, 6) is 1.58. The Morgan fingerprint density at radius 1 is 1.23 bits per heavy atom. The first-order chi connectivity index (χ1) is 12.3. The van der Waals surface area contributed by atoms with Crippen LogP contribution < -0.4 is 10.6 Å². The van der Waals surface area contributed by atoms with Crippen LogP contribution in [0.1, 0.15) is 58.8 Å². The second kappa shape index (κ2) is 8.46. The van der Waals surface area contributed by atoms with E-state index in [-0.39, 0.29) is 17.8 Å². The smallest absolute Gasteiger partial charge is 0.191 e. The van der Waals surface area contributed by atoms with Gasteiger partial charge in [0.25, 0.3) is 0 Å². The summed E-state index contributed by atoms with van der Waals surface area (Å²) >= 11 is 0. The van der Waals surface area contributed by atoms with Crippen LogP contribution in [0.25, 0.3) is 0 Å². The molecule has 26 heavy (non-hydrogen) atoms. The first-order valence-corrected chi connectivity index (χ1v) is 12.0. The van der Waals surface area contributed by atoms with Crippen LogP contribution in [0.15, 0.2) is 4.99 Å². The number of hydrogen-bond donors (Lipinski definition) is 2. The highest BCUT2D eigenvalue weighted by Crippen LogP contribution is 2.35. The standard InChI is InChI=1S/C19H35N3O3S/c1-19(2)8-3-5-16(11-19)22-18(21-13-17-6-4-9-25-17)20-12-15-7-10-26(23,24)14-15/h15-17H,3-14H2,1-2H3,(H2,20,21,22). The normalized spacial score (nSPS) is 33.9. The van der Waals surface area contributed by atoms with Gasteiger partial charge in [-0.25, -0.2) is 8.42 Å². The van der Waals surface area contributed by atoms with Gasteiger partial charge in [0, 0.05) is 25.7 Å². The van der Waals surface area contributed by atoms with Crippen molar-refractivity contribution in [2.75, 3.05) is 31.2 Å². The monoisotopic (exact) mass is 385 g/mol. The maximum atomic E-state index is 11.7. The van der Waals surface area contributed by atoms with E-state index >= 15 is 0 Å². The lowest BCUT2D eigenvalue weighted by molar-refractivity contribution is 0.113. The van der Waals surface area contributed by atoms with Crippen molar-refractivity contribution in [2.45, 2.75) is 70.9 Å². The van der Waals surface area contributed by atoms with E-state index in [2.05, 4.69) is 24.5 Å². The van der Waals surface area contributed by atoms with E-state index in [1.165, 1.54) is 19.3 Å². The Kier molecular flexibility index (Phi) is 6.49. The number of ether oxygens (including phenoxy) is 1. The number of nitrogens with zero attached hydrogens (tertiary/aromatic N) is 1. The fourth-order valence-corrected chi connectivity index (χ4v) is 6.27. The Morgan fingerprint density at radius 2 is 2.08 bits per heavy atom. The highest BCUT2D eigenvalue weighted by Gasteiger charge is 2.30. The summed E-state index contributed by atoms with van der Waals surface area (Å²) in [6, 6.07) is 0.432. The molecule has 3 aliphatic rings. The van der Waals surface area contributed by atoms with E-state index in [0.717, 1.165) is 44.8 Å². The summed E-state index contributed by atoms with van der Waals surface area (Å²) in [7, 11) is -2.84. The third-order valence-electron chi connectivity index (χ3n) is 5.90. The van der Waals surface area contributed by atoms with Crippen LogP contribution in [0.3, 0.4) is 0 Å². The second-order valence-corrected chi connectivity index (χ2v) is 11.3. The Labute approximate surface area is 158 Å². The molecule has 0 aromatic rings. The molecule has 150 valence electrons. The Hall–Kier alpha value is -0.820. The molecule has 3 rings (SSSR count). The van der Waals surface area contributed by atoms with Gasteiger partial charge in [-0.3, -0.25) is 4.99 Å². The minimum Gasteiger partial charge on any atom is -0.376 e. The van der Waals surface area contributed by atoms with Crippen molar-refractivity contribution in [1.29, 1.82) is 0 Å². The number of nitrogens with one attached hydrogen (secondary N) is 2. The summed E-state index contributed by atoms with van der Waals surface area (Å²) in [6.07, 6.45) is 8.05. The molecule has 0 aromatic heterocycles. The molecule has 2 heterocycles. The highest BCUT2D eigenvalue weighted by molar-refractivity contribution is 7.91. The van der Waals surface area contributed by atoms with Crippen molar-refractivity contribution in [2.24, 2.45) is 16.3 Å². The van der Waals surface area contributed by atoms with Gasteiger partial charge in [-0.05, 0) is 49.9 Å². The molecule has 7 heteroatoms. The molecule has 1 saturated carbocycles. The van der Waals surface area contributed by atoms with Gasteiger partial charge >= 0.3 is 0 Å². The summed E-state index contributed by atoms with van der Waals surface area (Å²) in [5.41, 5.74) is 0.370. The third kappa shape index (κ3) is 6.12. The van der Waals surface area contributed by atoms with E-state index in [0.29, 0.717) is 23.8 Å². The fraction of sp³-hybridized carbons (Fsp3) is 0.947. The summed E-state index contributed by atoms with van der Waals surface area (Å²) in [6.45, 7) is 6.87. The van der Waals surface area contributed by atoms with Gasteiger partial charge in [-0.15, -0.1) is 0 Å². The molecule has 3 atom stereocenters. The van der Waals surface area contributed by atoms with E-state index < -0.39 is 9.84 Å². The summed E-state index contributed by atoms with van der Waals surface area (Å²) < 4.78 is 29.1. The van der Waals surface area contributed by atoms with Crippen molar-refractivity contribution < 1.29 is 13.2 Å². The van der Waals surface area contributed by atoms with E-state index in [1.807, 2.05) is 0 Å². The average Bonchev–Trinajstić information content (AvgIpc) is 3.18. The Bertz CT molecular complexity index is 597. The molecule has 3 fully saturated rings. The molecule has 1 aliphatic carbocycles. The molecule has 2 saturated heterocycles. The zero-order valence-electron chi connectivity index (χ0n) is 16.3. The van der Waals surface area contributed by atoms with Crippen LogP contribution in [0, 0.1) is 11.3 Å². The lowest BCUT2D eigenvalue weighted by Crippen LogP contribution is -2.48. The highest BCUT2D eigenvalue weighted by atomic mass is 32.2. The van der Waals surface area contributed by atoms with Crippen molar-refractivity contribution in [1.82, 2.24) is 10.6 Å². The Morgan fingerprint density at radius 3 is 2.73 bits per heavy atom. The van der Waals surface area contributed by atoms with Crippen LogP contribution in [-0.4, -0.2) is 57.7 Å². The van der Waals surface area contributed by atoms with Gasteiger partial charge in [0.2, 0.25) is 0 Å². The molecular weight excluding hydrogens is 350 g/mol. The third-order valence-corrected chi connectivity index (χ3v) is 7.74. The molecule has 0 amide bonds. The van der Waals surface area contributed by atoms with E-state index in [4.69, 9.17) is 9.73 Å². The van der Waals surface area contributed by atoms with E-state index in [1.54, 1.807) is 0 Å². The number of sulfone groups is 1. The van der Waals surface area contributed by atoms with Gasteiger partial charge in [0.05, 0.1) is 17.6 Å². The second-order valence-electron chi connectivity index (χ2n) is 9.08. The van der Waals surface area contributed by atoms with Crippen LogP contribution >= 0.6 is 0 Å². The van der Waals surface area contributed by atoms with Crippen LogP contribution in [-0.2, 0) is 14.6 Å². The molecule has 0 aromatic carbocycles. The van der Waals surface area contributed by atoms with Gasteiger partial charge in [-0.1, -0.05) is 20.3 Å². The van der Waals surface area contributed by atoms with Gasteiger partial charge in [0.1, 0.15) is 0 Å². The first kappa shape index (κ1) is 19.9. The lowest BCUT2D eigenvalue weighted by atomic mass is 9.75. The zero-order chi connectivity index (χ0) is 18.6. The molecule has 2 N–H and O–H groups in total. The van der Waals surface area contributed by atoms with Crippen LogP contribution in [0.2, 0.25) is 0 Å². The molecular formula is C19H35N3O3S. The predicted octanol–water partition coefficient (Wildman–Crippen LogP) is 2.10. The van der Waals surface area contributed by atoms with Crippen molar-refractivity contribution in [3.8, 4) is 0 Å². The quantitative estimate of drug-likeness (QED) is 0.560. The topological polar surface area (TPSA) is 79.8 Å². The number of rotatable bonds is 5. The lowest BCUT2D eigenvalue weighted by Gasteiger charge is -2.36. The minimum atomic E-state index is -2.84. The molecule has 2 aliphatic heterocycles. The predicted molar refractivity (Wildman–Crippen MR) is 105 cm³/mol. The minimum absolute atomic E-state index is 0.157. The Balaban J connectivity index is 1.57. The molecule has 6 nitrogen and oxygen atoms in total. The molecule has 3 unspecified atom stereocenters. The maximum Gasteiger partial charge on any atom is 0.191 e. The molecule has 0 spiro atoms. The van der Waals surface area contributed by atoms with Crippen LogP contribution in [0.5, 0.6) is 0 Å². The number of aliphatic imine (C=N–C) groups is 1. The molecule has 0 radical (unpaired) electrons. The largest absolute Gasteiger partial charge is 0.376 e. The van der Waals surface area contributed by atoms with Crippen LogP contribution in [0.4, 0.5) is 0 Å². The van der Waals surface area contributed by atoms with Crippen molar-refractivity contribution >= 4 is 15.8 Å². The number of guanidine groups is 1. The van der Waals surface area contributed by atoms with Crippen molar-refractivity contribution in [3.05, 3.63) is 0 Å². The first-order valence-electron chi connectivity index (χ1n) is 10.2. The fourth-order valence-electron chi connectivity index (χ4n) is 4.42. The summed E-state index contributed by atoms with van der Waals surface area (Å²) in [4.78, 5) is 4.75. The van der Waals surface area contributed by atoms with Gasteiger partial charge < -0.3 is 15.4 Å². The SMILES string of the molecule is CC1(C)CCCC(NC(=NCC2CCS(=O)(=O)C2)NCC2CCCO2)C1. The van der Waals surface area contributed by atoms with Crippen molar-refractivity contribution in [3.63, 3.8) is 0 Å². The van der Waals surface area contributed by atoms with E-state index in [9.17, 15) is 8.42 Å². The summed E-state index contributed by atoms with van der Waals surface area (Å²) in [5, 5.41) is 7.06. The van der Waals surface area contributed by atoms with Gasteiger partial charge in [0.15, 0.2) is 15.8 Å². The maximum absolute atomic E-state index is 11.7.